The van der Waals surface area contributed by atoms with Crippen molar-refractivity contribution in [2.24, 2.45) is 7.05 Å². The van der Waals surface area contributed by atoms with Gasteiger partial charge in [-0.25, -0.2) is 9.37 Å². The van der Waals surface area contributed by atoms with Crippen LogP contribution in [0.3, 0.4) is 0 Å². The number of pyridine rings is 1. The zero-order valence-electron chi connectivity index (χ0n) is 15.7. The third-order valence-electron chi connectivity index (χ3n) is 4.85. The Hall–Kier alpha value is -3.13. The summed E-state index contributed by atoms with van der Waals surface area (Å²) in [5, 5.41) is 3.92. The Morgan fingerprint density at radius 2 is 2.07 bits per heavy atom. The number of morpholine rings is 1. The molecule has 0 unspecified atom stereocenters. The first-order chi connectivity index (χ1) is 13.6. The molecule has 1 aromatic carbocycles. The van der Waals surface area contributed by atoms with Crippen LogP contribution in [0.2, 0.25) is 0 Å². The molecular weight excluding hydrogens is 363 g/mol. The lowest BCUT2D eigenvalue weighted by molar-refractivity contribution is 0.0303. The number of aromatic nitrogens is 2. The normalized spacial score (nSPS) is 14.3. The third kappa shape index (κ3) is 3.27. The molecular formula is C20H21FN4O3. The number of nitrogens with one attached hydrogen (secondary N) is 1. The average molecular weight is 384 g/mol. The molecule has 0 atom stereocenters. The minimum absolute atomic E-state index is 0.0651. The summed E-state index contributed by atoms with van der Waals surface area (Å²) in [6.07, 6.45) is 3.45. The van der Waals surface area contributed by atoms with Gasteiger partial charge in [0.05, 0.1) is 31.4 Å². The molecule has 146 valence electrons. The molecule has 8 heteroatoms. The predicted octanol–water partition coefficient (Wildman–Crippen LogP) is 2.94. The van der Waals surface area contributed by atoms with Crippen molar-refractivity contribution >= 4 is 28.3 Å². The monoisotopic (exact) mass is 384 g/mol. The van der Waals surface area contributed by atoms with Gasteiger partial charge in [0.1, 0.15) is 5.82 Å². The van der Waals surface area contributed by atoms with Crippen LogP contribution in [0, 0.1) is 5.82 Å². The summed E-state index contributed by atoms with van der Waals surface area (Å²) in [7, 11) is 3.31. The molecule has 0 spiro atoms. The number of ether oxygens (including phenoxy) is 2. The average Bonchev–Trinajstić information content (AvgIpc) is 3.11. The standard InChI is InChI=1S/C20H21FN4O3/c1-24-6-5-14-18(24)15(20(26)25-7-9-28-10-8-25)12-22-19(14)23-13-3-4-17(27-2)16(21)11-13/h3-6,11-12H,7-10H2,1-2H3,(H,22,23). The molecule has 0 saturated carbocycles. The van der Waals surface area contributed by atoms with Crippen molar-refractivity contribution < 1.29 is 18.7 Å². The van der Waals surface area contributed by atoms with Crippen LogP contribution in [-0.2, 0) is 11.8 Å². The second-order valence-corrected chi connectivity index (χ2v) is 6.59. The maximum absolute atomic E-state index is 14.0. The lowest BCUT2D eigenvalue weighted by Crippen LogP contribution is -2.40. The Kier molecular flexibility index (Phi) is 4.87. The van der Waals surface area contributed by atoms with Crippen LogP contribution in [0.5, 0.6) is 5.75 Å². The van der Waals surface area contributed by atoms with E-state index in [0.717, 1.165) is 10.9 Å². The highest BCUT2D eigenvalue weighted by Crippen LogP contribution is 2.30. The van der Waals surface area contributed by atoms with Crippen LogP contribution < -0.4 is 10.1 Å². The summed E-state index contributed by atoms with van der Waals surface area (Å²) in [5.41, 5.74) is 1.86. The first-order valence-electron chi connectivity index (χ1n) is 9.00. The maximum atomic E-state index is 14.0. The molecule has 2 aromatic heterocycles. The molecule has 1 aliphatic rings. The van der Waals surface area contributed by atoms with Crippen molar-refractivity contribution in [3.8, 4) is 5.75 Å². The zero-order chi connectivity index (χ0) is 19.7. The molecule has 0 bridgehead atoms. The van der Waals surface area contributed by atoms with Crippen LogP contribution in [0.1, 0.15) is 10.4 Å². The van der Waals surface area contributed by atoms with E-state index in [0.29, 0.717) is 43.4 Å². The Morgan fingerprint density at radius 3 is 2.79 bits per heavy atom. The van der Waals surface area contributed by atoms with Crippen LogP contribution in [0.15, 0.2) is 36.7 Å². The summed E-state index contributed by atoms with van der Waals surface area (Å²) < 4.78 is 26.2. The lowest BCUT2D eigenvalue weighted by atomic mass is 10.1. The molecule has 3 heterocycles. The smallest absolute Gasteiger partial charge is 0.257 e. The second-order valence-electron chi connectivity index (χ2n) is 6.59. The highest BCUT2D eigenvalue weighted by molar-refractivity contribution is 6.08. The van der Waals surface area contributed by atoms with E-state index in [1.807, 2.05) is 23.9 Å². The molecule has 1 fully saturated rings. The van der Waals surface area contributed by atoms with Gasteiger partial charge >= 0.3 is 0 Å². The number of hydrogen-bond acceptors (Lipinski definition) is 5. The van der Waals surface area contributed by atoms with Crippen LogP contribution >= 0.6 is 0 Å². The van der Waals surface area contributed by atoms with E-state index in [9.17, 15) is 9.18 Å². The van der Waals surface area contributed by atoms with Crippen molar-refractivity contribution in [3.63, 3.8) is 0 Å². The van der Waals surface area contributed by atoms with Gasteiger partial charge in [-0.1, -0.05) is 0 Å². The summed E-state index contributed by atoms with van der Waals surface area (Å²) in [4.78, 5) is 19.2. The fourth-order valence-corrected chi connectivity index (χ4v) is 3.39. The van der Waals surface area contributed by atoms with Gasteiger partial charge in [-0.2, -0.15) is 0 Å². The summed E-state index contributed by atoms with van der Waals surface area (Å²) in [6, 6.07) is 6.50. The number of fused-ring (bicyclic) bond motifs is 1. The Morgan fingerprint density at radius 1 is 1.29 bits per heavy atom. The maximum Gasteiger partial charge on any atom is 0.257 e. The van der Waals surface area contributed by atoms with Gasteiger partial charge in [0.25, 0.3) is 5.91 Å². The molecule has 7 nitrogen and oxygen atoms in total. The van der Waals surface area contributed by atoms with E-state index in [1.54, 1.807) is 23.2 Å². The quantitative estimate of drug-likeness (QED) is 0.749. The number of hydrogen-bond donors (Lipinski definition) is 1. The topological polar surface area (TPSA) is 68.6 Å². The van der Waals surface area contributed by atoms with Crippen LogP contribution in [0.4, 0.5) is 15.9 Å². The minimum atomic E-state index is -0.462. The van der Waals surface area contributed by atoms with E-state index < -0.39 is 5.82 Å². The number of anilines is 2. The van der Waals surface area contributed by atoms with E-state index in [2.05, 4.69) is 10.3 Å². The van der Waals surface area contributed by atoms with Crippen molar-refractivity contribution in [2.75, 3.05) is 38.7 Å². The van der Waals surface area contributed by atoms with E-state index >= 15 is 0 Å². The zero-order valence-corrected chi connectivity index (χ0v) is 15.7. The summed E-state index contributed by atoms with van der Waals surface area (Å²) in [5.74, 6) is 0.203. The van der Waals surface area contributed by atoms with Gasteiger partial charge in [0, 0.05) is 49.7 Å². The molecule has 1 aliphatic heterocycles. The van der Waals surface area contributed by atoms with Crippen molar-refractivity contribution in [1.29, 1.82) is 0 Å². The molecule has 1 N–H and O–H groups in total. The molecule has 1 amide bonds. The van der Waals surface area contributed by atoms with E-state index in [-0.39, 0.29) is 11.7 Å². The largest absolute Gasteiger partial charge is 0.494 e. The van der Waals surface area contributed by atoms with Crippen molar-refractivity contribution in [2.45, 2.75) is 0 Å². The molecule has 28 heavy (non-hydrogen) atoms. The number of nitrogens with zero attached hydrogens (tertiary/aromatic N) is 3. The van der Waals surface area contributed by atoms with Gasteiger partial charge in [-0.05, 0) is 18.2 Å². The second kappa shape index (κ2) is 7.47. The number of carbonyl (C=O) groups excluding carboxylic acids is 1. The fourth-order valence-electron chi connectivity index (χ4n) is 3.39. The fraction of sp³-hybridized carbons (Fsp3) is 0.300. The van der Waals surface area contributed by atoms with E-state index in [1.165, 1.54) is 13.2 Å². The lowest BCUT2D eigenvalue weighted by Gasteiger charge is -2.27. The first kappa shape index (κ1) is 18.2. The number of methoxy groups -OCH3 is 1. The number of aryl methyl sites for hydroxylation is 1. The van der Waals surface area contributed by atoms with Gasteiger partial charge < -0.3 is 24.3 Å². The highest BCUT2D eigenvalue weighted by atomic mass is 19.1. The van der Waals surface area contributed by atoms with Gasteiger partial charge in [0.2, 0.25) is 0 Å². The minimum Gasteiger partial charge on any atom is -0.494 e. The highest BCUT2D eigenvalue weighted by Gasteiger charge is 2.23. The number of rotatable bonds is 4. The molecule has 0 radical (unpaired) electrons. The first-order valence-corrected chi connectivity index (χ1v) is 9.00. The molecule has 4 rings (SSSR count). The number of halogens is 1. The number of benzene rings is 1. The van der Waals surface area contributed by atoms with Gasteiger partial charge in [-0.15, -0.1) is 0 Å². The van der Waals surface area contributed by atoms with Crippen LogP contribution in [0.25, 0.3) is 10.9 Å². The predicted molar refractivity (Wildman–Crippen MR) is 104 cm³/mol. The number of carbonyl (C=O) groups is 1. The molecule has 0 aliphatic carbocycles. The molecule has 1 saturated heterocycles. The SMILES string of the molecule is COc1ccc(Nc2ncc(C(=O)N3CCOCC3)c3c2ccn3C)cc1F. The Labute approximate surface area is 161 Å². The Bertz CT molecular complexity index is 1030. The van der Waals surface area contributed by atoms with E-state index in [4.69, 9.17) is 9.47 Å². The Balaban J connectivity index is 1.70. The summed E-state index contributed by atoms with van der Waals surface area (Å²) >= 11 is 0. The summed E-state index contributed by atoms with van der Waals surface area (Å²) in [6.45, 7) is 2.21. The van der Waals surface area contributed by atoms with Crippen molar-refractivity contribution in [1.82, 2.24) is 14.5 Å². The van der Waals surface area contributed by atoms with Gasteiger partial charge in [-0.3, -0.25) is 4.79 Å². The molecule has 3 aromatic rings. The van der Waals surface area contributed by atoms with Crippen LogP contribution in [-0.4, -0.2) is 53.8 Å². The van der Waals surface area contributed by atoms with Gasteiger partial charge in [0.15, 0.2) is 11.6 Å². The van der Waals surface area contributed by atoms with Crippen molar-refractivity contribution in [3.05, 3.63) is 48.0 Å². The third-order valence-corrected chi connectivity index (χ3v) is 4.85. The number of amides is 1.